The van der Waals surface area contributed by atoms with Crippen molar-refractivity contribution in [1.82, 2.24) is 0 Å². The molecule has 4 heteroatoms. The highest BCUT2D eigenvalue weighted by Crippen LogP contribution is 2.18. The van der Waals surface area contributed by atoms with Gasteiger partial charge in [0, 0.05) is 23.6 Å². The second-order valence-electron chi connectivity index (χ2n) is 3.81. The van der Waals surface area contributed by atoms with E-state index in [0.717, 1.165) is 18.7 Å². The Balaban J connectivity index is 2.65. The number of benzene rings is 1. The highest BCUT2D eigenvalue weighted by Gasteiger charge is 1.97. The summed E-state index contributed by atoms with van der Waals surface area (Å²) in [6, 6.07) is 5.46. The first kappa shape index (κ1) is 13.0. The lowest BCUT2D eigenvalue weighted by Crippen LogP contribution is -2.05. The molecule has 0 aliphatic carbocycles. The van der Waals surface area contributed by atoms with E-state index in [-0.39, 0.29) is 0 Å². The van der Waals surface area contributed by atoms with Crippen LogP contribution in [-0.4, -0.2) is 6.54 Å². The Morgan fingerprint density at radius 2 is 1.88 bits per heavy atom. The van der Waals surface area contributed by atoms with Gasteiger partial charge in [0.1, 0.15) is 0 Å². The zero-order chi connectivity index (χ0) is 12.7. The Kier molecular flexibility index (Phi) is 4.94. The van der Waals surface area contributed by atoms with Crippen molar-refractivity contribution >= 4 is 17.1 Å². The van der Waals surface area contributed by atoms with E-state index in [1.807, 2.05) is 24.3 Å². The van der Waals surface area contributed by atoms with Crippen LogP contribution in [0.5, 0.6) is 0 Å². The Labute approximate surface area is 102 Å². The van der Waals surface area contributed by atoms with Gasteiger partial charge in [0.15, 0.2) is 0 Å². The fraction of sp³-hybridized carbons (Fsp3) is 0.231. The molecule has 0 saturated carbocycles. The number of nitrogens with one attached hydrogen (secondary N) is 1. The SMILES string of the molecule is CC/C(=C\C=C/N)CNc1cc(N)cc(N)c1. The fourth-order valence-corrected chi connectivity index (χ4v) is 1.49. The lowest BCUT2D eigenvalue weighted by atomic mass is 10.2. The largest absolute Gasteiger partial charge is 0.405 e. The molecule has 0 spiro atoms. The first-order chi connectivity index (χ1) is 8.15. The minimum atomic E-state index is 0.663. The van der Waals surface area contributed by atoms with E-state index in [4.69, 9.17) is 17.2 Å². The molecule has 0 fully saturated rings. The van der Waals surface area contributed by atoms with Crippen LogP contribution in [0, 0.1) is 0 Å². The fourth-order valence-electron chi connectivity index (χ4n) is 1.49. The number of nitrogen functional groups attached to an aromatic ring is 2. The number of nitrogens with two attached hydrogens (primary N) is 3. The molecule has 1 rings (SSSR count). The van der Waals surface area contributed by atoms with E-state index < -0.39 is 0 Å². The van der Waals surface area contributed by atoms with Crippen molar-refractivity contribution in [3.8, 4) is 0 Å². The van der Waals surface area contributed by atoms with Crippen molar-refractivity contribution < 1.29 is 0 Å². The molecule has 0 atom stereocenters. The third-order valence-electron chi connectivity index (χ3n) is 2.39. The maximum absolute atomic E-state index is 5.72. The highest BCUT2D eigenvalue weighted by molar-refractivity contribution is 5.64. The van der Waals surface area contributed by atoms with Crippen LogP contribution >= 0.6 is 0 Å². The normalized spacial score (nSPS) is 11.9. The van der Waals surface area contributed by atoms with Crippen molar-refractivity contribution in [1.29, 1.82) is 0 Å². The van der Waals surface area contributed by atoms with E-state index in [1.165, 1.54) is 11.8 Å². The zero-order valence-corrected chi connectivity index (χ0v) is 10.1. The van der Waals surface area contributed by atoms with E-state index in [0.29, 0.717) is 11.4 Å². The predicted molar refractivity (Wildman–Crippen MR) is 75.5 cm³/mol. The number of hydrogen-bond acceptors (Lipinski definition) is 4. The Morgan fingerprint density at radius 1 is 1.24 bits per heavy atom. The van der Waals surface area contributed by atoms with Gasteiger partial charge in [-0.25, -0.2) is 0 Å². The molecule has 4 nitrogen and oxygen atoms in total. The summed E-state index contributed by atoms with van der Waals surface area (Å²) in [6.07, 6.45) is 6.32. The summed E-state index contributed by atoms with van der Waals surface area (Å²) in [6.45, 7) is 2.86. The number of anilines is 3. The summed E-state index contributed by atoms with van der Waals surface area (Å²) >= 11 is 0. The van der Waals surface area contributed by atoms with Gasteiger partial charge in [0.05, 0.1) is 0 Å². The van der Waals surface area contributed by atoms with Gasteiger partial charge in [-0.2, -0.15) is 0 Å². The van der Waals surface area contributed by atoms with Crippen LogP contribution in [0.3, 0.4) is 0 Å². The molecule has 1 aromatic carbocycles. The molecule has 17 heavy (non-hydrogen) atoms. The molecular formula is C13H20N4. The van der Waals surface area contributed by atoms with Gasteiger partial charge in [-0.1, -0.05) is 18.6 Å². The molecule has 0 aliphatic rings. The molecule has 92 valence electrons. The van der Waals surface area contributed by atoms with Crippen LogP contribution in [0.1, 0.15) is 13.3 Å². The molecular weight excluding hydrogens is 212 g/mol. The summed E-state index contributed by atoms with van der Waals surface area (Å²) in [5.41, 5.74) is 20.2. The van der Waals surface area contributed by atoms with E-state index in [9.17, 15) is 0 Å². The van der Waals surface area contributed by atoms with Gasteiger partial charge in [0.2, 0.25) is 0 Å². The van der Waals surface area contributed by atoms with Gasteiger partial charge >= 0.3 is 0 Å². The summed E-state index contributed by atoms with van der Waals surface area (Å²) < 4.78 is 0. The first-order valence-corrected chi connectivity index (χ1v) is 5.62. The molecule has 0 unspecified atom stereocenters. The Hall–Kier alpha value is -2.10. The molecule has 0 amide bonds. The van der Waals surface area contributed by atoms with E-state index >= 15 is 0 Å². The second-order valence-corrected chi connectivity index (χ2v) is 3.81. The summed E-state index contributed by atoms with van der Waals surface area (Å²) in [5, 5.41) is 3.28. The van der Waals surface area contributed by atoms with Gasteiger partial charge in [0.25, 0.3) is 0 Å². The van der Waals surface area contributed by atoms with Crippen LogP contribution < -0.4 is 22.5 Å². The summed E-state index contributed by atoms with van der Waals surface area (Å²) in [7, 11) is 0. The highest BCUT2D eigenvalue weighted by atomic mass is 14.9. The Bertz CT molecular complexity index is 401. The standard InChI is InChI=1S/C13H20N4/c1-2-10(4-3-5-14)9-17-13-7-11(15)6-12(16)8-13/h3-8,17H,2,9,14-16H2,1H3/b5-3-,10-4+. The van der Waals surface area contributed by atoms with E-state index in [2.05, 4.69) is 12.2 Å². The molecule has 0 aliphatic heterocycles. The smallest absolute Gasteiger partial charge is 0.0384 e. The minimum absolute atomic E-state index is 0.663. The number of rotatable bonds is 5. The maximum atomic E-state index is 5.72. The Morgan fingerprint density at radius 3 is 2.41 bits per heavy atom. The maximum Gasteiger partial charge on any atom is 0.0384 e. The summed E-state index contributed by atoms with van der Waals surface area (Å²) in [4.78, 5) is 0. The van der Waals surface area contributed by atoms with Crippen LogP contribution in [0.2, 0.25) is 0 Å². The first-order valence-electron chi connectivity index (χ1n) is 5.62. The topological polar surface area (TPSA) is 90.1 Å². The van der Waals surface area contributed by atoms with Crippen LogP contribution in [0.4, 0.5) is 17.1 Å². The lowest BCUT2D eigenvalue weighted by molar-refractivity contribution is 1.04. The summed E-state index contributed by atoms with van der Waals surface area (Å²) in [5.74, 6) is 0. The second kappa shape index (κ2) is 6.48. The molecule has 0 heterocycles. The van der Waals surface area contributed by atoms with Crippen molar-refractivity contribution in [3.63, 3.8) is 0 Å². The lowest BCUT2D eigenvalue weighted by Gasteiger charge is -2.09. The van der Waals surface area contributed by atoms with Crippen molar-refractivity contribution in [2.24, 2.45) is 5.73 Å². The number of hydrogen-bond donors (Lipinski definition) is 4. The molecule has 7 N–H and O–H groups in total. The van der Waals surface area contributed by atoms with Crippen molar-refractivity contribution in [2.75, 3.05) is 23.3 Å². The average molecular weight is 232 g/mol. The molecule has 0 bridgehead atoms. The van der Waals surface area contributed by atoms with Crippen LogP contribution in [0.25, 0.3) is 0 Å². The molecule has 1 aromatic rings. The van der Waals surface area contributed by atoms with Crippen LogP contribution in [0.15, 0.2) is 42.1 Å². The van der Waals surface area contributed by atoms with Gasteiger partial charge in [-0.3, -0.25) is 0 Å². The average Bonchev–Trinajstić information content (AvgIpc) is 2.28. The molecule has 0 aromatic heterocycles. The van der Waals surface area contributed by atoms with Crippen molar-refractivity contribution in [2.45, 2.75) is 13.3 Å². The van der Waals surface area contributed by atoms with Gasteiger partial charge < -0.3 is 22.5 Å². The third kappa shape index (κ3) is 4.51. The monoisotopic (exact) mass is 232 g/mol. The van der Waals surface area contributed by atoms with Crippen LogP contribution in [-0.2, 0) is 0 Å². The molecule has 0 radical (unpaired) electrons. The van der Waals surface area contributed by atoms with Gasteiger partial charge in [-0.15, -0.1) is 0 Å². The van der Waals surface area contributed by atoms with Crippen molar-refractivity contribution in [3.05, 3.63) is 42.1 Å². The quantitative estimate of drug-likeness (QED) is 0.462. The van der Waals surface area contributed by atoms with Gasteiger partial charge in [-0.05, 0) is 36.9 Å². The minimum Gasteiger partial charge on any atom is -0.405 e. The third-order valence-corrected chi connectivity index (χ3v) is 2.39. The molecule has 0 saturated heterocycles. The number of allylic oxidation sites excluding steroid dienone is 2. The predicted octanol–water partition coefficient (Wildman–Crippen LogP) is 2.07. The zero-order valence-electron chi connectivity index (χ0n) is 10.1. The van der Waals surface area contributed by atoms with E-state index in [1.54, 1.807) is 6.07 Å².